The topological polar surface area (TPSA) is 147 Å². The number of ether oxygens (including phenoxy) is 6. The average molecular weight is 1000 g/mol. The molecule has 0 aliphatic carbocycles. The Morgan fingerprint density at radius 2 is 1.03 bits per heavy atom. The summed E-state index contributed by atoms with van der Waals surface area (Å²) in [4.78, 5) is 45.4. The molecule has 12 nitrogen and oxygen atoms in total. The molecule has 0 saturated carbocycles. The minimum Gasteiger partial charge on any atom is -0.496 e. The summed E-state index contributed by atoms with van der Waals surface area (Å²) >= 11 is 4.87. The van der Waals surface area contributed by atoms with Crippen LogP contribution < -0.4 is 9.47 Å². The summed E-state index contributed by atoms with van der Waals surface area (Å²) in [5.41, 5.74) is 7.40. The maximum Gasteiger partial charge on any atom is 0.333 e. The molecule has 0 radical (unpaired) electrons. The van der Waals surface area contributed by atoms with Gasteiger partial charge in [0.2, 0.25) is 5.24 Å². The van der Waals surface area contributed by atoms with Crippen LogP contribution in [0.2, 0.25) is 0 Å². The molecule has 0 spiro atoms. The lowest BCUT2D eigenvalue weighted by molar-refractivity contribution is -0.143. The third-order valence-electron chi connectivity index (χ3n) is 10.7. The monoisotopic (exact) mass is 1000 g/mol. The standard InChI is InChI=1S/C24H28O5.C20H24O4.C6H15N.C4H5ClO.C4H8O/c1-17(2)23(26)29-16-24(3,4)15-28-14-21-12-20(10-11-22(21)27-5)19-8-6-18(13-25)7-9-19;1-20(2,13-22)14-24-12-18-10-17(8-9-19(18)23-3)16-6-4-15(11-21)5-7-16;1-4-7(5-2)6-3;1-3(2)4(5)6;1-2-4-5-3-1/h6-13H,1,14-16H2,2-5H3;4-11,22H,12-14H2,1-3H3;4-6H2,1-3H3;1H2,2H3;1-4H2. The minimum atomic E-state index is -0.463. The molecule has 0 unspecified atom stereocenters. The van der Waals surface area contributed by atoms with E-state index in [-0.39, 0.29) is 24.0 Å². The van der Waals surface area contributed by atoms with Crippen LogP contribution in [0, 0.1) is 10.8 Å². The van der Waals surface area contributed by atoms with E-state index in [2.05, 4.69) is 38.8 Å². The highest BCUT2D eigenvalue weighted by Crippen LogP contribution is 2.30. The highest BCUT2D eigenvalue weighted by Gasteiger charge is 2.22. The summed E-state index contributed by atoms with van der Waals surface area (Å²) in [6.45, 7) is 32.0. The first-order chi connectivity index (χ1) is 33.7. The number of carbonyl (C=O) groups excluding carboxylic acids is 4. The van der Waals surface area contributed by atoms with Crippen molar-refractivity contribution in [3.05, 3.63) is 131 Å². The Balaban J connectivity index is 0.000000530. The van der Waals surface area contributed by atoms with Crippen LogP contribution in [0.25, 0.3) is 22.3 Å². The molecular weight excluding hydrogens is 922 g/mol. The Morgan fingerprint density at radius 1 is 0.648 bits per heavy atom. The number of hydrogen-bond acceptors (Lipinski definition) is 12. The minimum absolute atomic E-state index is 0.0766. The lowest BCUT2D eigenvalue weighted by Crippen LogP contribution is -2.27. The molecule has 0 bridgehead atoms. The van der Waals surface area contributed by atoms with Gasteiger partial charge in [-0.1, -0.05) is 122 Å². The summed E-state index contributed by atoms with van der Waals surface area (Å²) < 4.78 is 32.7. The zero-order valence-electron chi connectivity index (χ0n) is 44.2. The predicted molar refractivity (Wildman–Crippen MR) is 287 cm³/mol. The number of aldehydes is 2. The molecule has 1 heterocycles. The number of aliphatic hydroxyl groups excluding tert-OH is 1. The summed E-state index contributed by atoms with van der Waals surface area (Å²) in [5, 5.41) is 8.84. The number of carbonyl (C=O) groups is 4. The molecule has 1 aliphatic rings. The number of rotatable bonds is 22. The highest BCUT2D eigenvalue weighted by molar-refractivity contribution is 6.67. The number of hydrogen-bond donors (Lipinski definition) is 1. The Hall–Kier alpha value is -5.47. The molecule has 0 amide bonds. The van der Waals surface area contributed by atoms with Crippen molar-refractivity contribution in [2.24, 2.45) is 10.8 Å². The Bertz CT molecular complexity index is 2190. The van der Waals surface area contributed by atoms with Crippen LogP contribution in [0.4, 0.5) is 0 Å². The van der Waals surface area contributed by atoms with Crippen molar-refractivity contribution in [1.82, 2.24) is 4.90 Å². The quantitative estimate of drug-likeness (QED) is 0.0346. The highest BCUT2D eigenvalue weighted by atomic mass is 35.5. The van der Waals surface area contributed by atoms with Gasteiger partial charge in [0.1, 0.15) is 24.1 Å². The zero-order valence-corrected chi connectivity index (χ0v) is 45.0. The van der Waals surface area contributed by atoms with E-state index < -0.39 is 11.2 Å². The number of nitrogens with zero attached hydrogens (tertiary/aromatic N) is 1. The van der Waals surface area contributed by atoms with Crippen molar-refractivity contribution >= 4 is 35.4 Å². The van der Waals surface area contributed by atoms with E-state index in [9.17, 15) is 24.3 Å². The Kier molecular flexibility index (Phi) is 31.1. The third-order valence-corrected chi connectivity index (χ3v) is 11.0. The summed E-state index contributed by atoms with van der Waals surface area (Å²) in [6, 6.07) is 26.7. The van der Waals surface area contributed by atoms with Gasteiger partial charge in [-0.2, -0.15) is 0 Å². The fraction of sp³-hybridized carbons (Fsp3) is 0.448. The second-order valence-corrected chi connectivity index (χ2v) is 18.7. The number of allylic oxidation sites excluding steroid dienone is 1. The smallest absolute Gasteiger partial charge is 0.333 e. The van der Waals surface area contributed by atoms with E-state index in [1.807, 2.05) is 88.4 Å². The van der Waals surface area contributed by atoms with E-state index in [0.29, 0.717) is 48.7 Å². The van der Waals surface area contributed by atoms with Gasteiger partial charge in [-0.25, -0.2) is 4.79 Å². The molecule has 1 fully saturated rings. The van der Waals surface area contributed by atoms with Gasteiger partial charge in [0, 0.05) is 57.4 Å². The Labute approximate surface area is 429 Å². The molecule has 4 aromatic rings. The first-order valence-corrected chi connectivity index (χ1v) is 24.3. The van der Waals surface area contributed by atoms with E-state index >= 15 is 0 Å². The van der Waals surface area contributed by atoms with Crippen molar-refractivity contribution in [1.29, 1.82) is 0 Å². The number of aliphatic hydroxyl groups is 1. The van der Waals surface area contributed by atoms with Gasteiger partial charge in [0.15, 0.2) is 0 Å². The molecule has 0 atom stereocenters. The molecule has 1 N–H and O–H groups in total. The van der Waals surface area contributed by atoms with Crippen LogP contribution in [0.5, 0.6) is 11.5 Å². The van der Waals surface area contributed by atoms with Gasteiger partial charge >= 0.3 is 5.97 Å². The molecule has 4 aromatic carbocycles. The van der Waals surface area contributed by atoms with E-state index in [1.54, 1.807) is 52.3 Å². The number of methoxy groups -OCH3 is 2. The largest absolute Gasteiger partial charge is 0.496 e. The lowest BCUT2D eigenvalue weighted by Gasteiger charge is -2.24. The van der Waals surface area contributed by atoms with Crippen LogP contribution in [-0.4, -0.2) is 107 Å². The van der Waals surface area contributed by atoms with Crippen molar-refractivity contribution < 1.29 is 52.7 Å². The molecular formula is C58H80ClNO11. The fourth-order valence-corrected chi connectivity index (χ4v) is 6.18. The third kappa shape index (κ3) is 26.0. The summed E-state index contributed by atoms with van der Waals surface area (Å²) in [6.07, 6.45) is 4.21. The van der Waals surface area contributed by atoms with Crippen molar-refractivity contribution in [2.75, 3.05) is 73.5 Å². The molecule has 0 aromatic heterocycles. The average Bonchev–Trinajstić information content (AvgIpc) is 3.98. The normalized spacial score (nSPS) is 11.7. The second kappa shape index (κ2) is 34.8. The van der Waals surface area contributed by atoms with Crippen LogP contribution >= 0.6 is 11.6 Å². The molecule has 13 heteroatoms. The molecule has 390 valence electrons. The maximum atomic E-state index is 11.6. The van der Waals surface area contributed by atoms with Crippen LogP contribution in [0.15, 0.2) is 109 Å². The fourth-order valence-electron chi connectivity index (χ4n) is 6.18. The number of esters is 1. The van der Waals surface area contributed by atoms with Gasteiger partial charge in [0.25, 0.3) is 0 Å². The van der Waals surface area contributed by atoms with E-state index in [1.165, 1.54) is 32.5 Å². The SMILES string of the molecule is C1CCOC1.C=C(C)C(=O)Cl.C=C(C)C(=O)OCC(C)(C)COCc1cc(-c2ccc(C=O)cc2)ccc1OC.CCN(CC)CC.COc1ccc(-c2ccc(C=O)cc2)cc1COCC(C)(C)CO. The summed E-state index contributed by atoms with van der Waals surface area (Å²) in [7, 11) is 3.26. The number of benzene rings is 4. The van der Waals surface area contributed by atoms with Gasteiger partial charge in [-0.3, -0.25) is 14.4 Å². The second-order valence-electron chi connectivity index (χ2n) is 18.4. The van der Waals surface area contributed by atoms with E-state index in [4.69, 9.17) is 40.0 Å². The van der Waals surface area contributed by atoms with Crippen LogP contribution in [-0.2, 0) is 41.8 Å². The molecule has 71 heavy (non-hydrogen) atoms. The van der Waals surface area contributed by atoms with Gasteiger partial charge < -0.3 is 38.4 Å². The van der Waals surface area contributed by atoms with Crippen molar-refractivity contribution in [3.8, 4) is 33.8 Å². The van der Waals surface area contributed by atoms with Gasteiger partial charge in [0.05, 0.1) is 53.9 Å². The molecule has 5 rings (SSSR count). The zero-order chi connectivity index (χ0) is 53.4. The number of halogens is 1. The van der Waals surface area contributed by atoms with Crippen LogP contribution in [0.3, 0.4) is 0 Å². The van der Waals surface area contributed by atoms with Crippen molar-refractivity contribution in [2.45, 2.75) is 88.4 Å². The first kappa shape index (κ1) is 63.5. The molecule has 1 saturated heterocycles. The van der Waals surface area contributed by atoms with Crippen LogP contribution in [0.1, 0.15) is 107 Å². The van der Waals surface area contributed by atoms with E-state index in [0.717, 1.165) is 70.7 Å². The molecule has 1 aliphatic heterocycles. The lowest BCUT2D eigenvalue weighted by atomic mass is 9.96. The summed E-state index contributed by atoms with van der Waals surface area (Å²) in [5.74, 6) is 1.11. The first-order valence-electron chi connectivity index (χ1n) is 23.9. The maximum absolute atomic E-state index is 11.6. The Morgan fingerprint density at radius 3 is 1.31 bits per heavy atom. The predicted octanol–water partition coefficient (Wildman–Crippen LogP) is 12.0. The van der Waals surface area contributed by atoms with Gasteiger partial charge in [-0.15, -0.1) is 0 Å². The van der Waals surface area contributed by atoms with Gasteiger partial charge in [-0.05, 0) is 104 Å². The van der Waals surface area contributed by atoms with Crippen molar-refractivity contribution in [3.63, 3.8) is 0 Å².